The third-order valence-corrected chi connectivity index (χ3v) is 3.25. The van der Waals surface area contributed by atoms with Crippen molar-refractivity contribution in [3.05, 3.63) is 71.3 Å². The van der Waals surface area contributed by atoms with Gasteiger partial charge < -0.3 is 4.74 Å². The molecule has 0 saturated heterocycles. The van der Waals surface area contributed by atoms with Gasteiger partial charge >= 0.3 is 0 Å². The Morgan fingerprint density at radius 3 is 2.11 bits per heavy atom. The highest BCUT2D eigenvalue weighted by Crippen LogP contribution is 2.24. The third-order valence-electron chi connectivity index (χ3n) is 3.25. The summed E-state index contributed by atoms with van der Waals surface area (Å²) < 4.78 is 5.40. The molecular weight excluding hydrogens is 220 g/mol. The predicted octanol–water partition coefficient (Wildman–Crippen LogP) is 4.37. The molecule has 1 unspecified atom stereocenters. The van der Waals surface area contributed by atoms with Crippen molar-refractivity contribution in [2.45, 2.75) is 26.4 Å². The number of benzene rings is 2. The Labute approximate surface area is 109 Å². The normalized spacial score (nSPS) is 12.3. The van der Waals surface area contributed by atoms with Gasteiger partial charge in [-0.25, -0.2) is 0 Å². The summed E-state index contributed by atoms with van der Waals surface area (Å²) in [6.07, 6.45) is 0. The van der Waals surface area contributed by atoms with Crippen LogP contribution < -0.4 is 0 Å². The molecule has 0 N–H and O–H groups in total. The maximum absolute atomic E-state index is 5.40. The molecule has 0 fully saturated rings. The molecule has 1 atom stereocenters. The van der Waals surface area contributed by atoms with Crippen molar-refractivity contribution in [3.8, 4) is 0 Å². The van der Waals surface area contributed by atoms with Gasteiger partial charge in [0.25, 0.3) is 0 Å². The molecule has 0 heterocycles. The molecule has 0 aliphatic rings. The molecule has 0 aliphatic heterocycles. The van der Waals surface area contributed by atoms with Crippen LogP contribution in [0.15, 0.2) is 54.6 Å². The van der Waals surface area contributed by atoms with Gasteiger partial charge in [-0.15, -0.1) is 0 Å². The summed E-state index contributed by atoms with van der Waals surface area (Å²) in [5.41, 5.74) is 3.94. The van der Waals surface area contributed by atoms with E-state index in [0.29, 0.717) is 12.5 Å². The van der Waals surface area contributed by atoms with E-state index in [1.54, 1.807) is 0 Å². The van der Waals surface area contributed by atoms with Gasteiger partial charge in [0.1, 0.15) is 0 Å². The van der Waals surface area contributed by atoms with Gasteiger partial charge in [0.2, 0.25) is 0 Å². The highest BCUT2D eigenvalue weighted by Gasteiger charge is 2.07. The highest BCUT2D eigenvalue weighted by atomic mass is 16.5. The molecule has 0 radical (unpaired) electrons. The lowest BCUT2D eigenvalue weighted by molar-refractivity contribution is 0.134. The molecular formula is C17H20O. The second kappa shape index (κ2) is 6.36. The Morgan fingerprint density at radius 1 is 0.889 bits per heavy atom. The van der Waals surface area contributed by atoms with E-state index in [-0.39, 0.29) is 0 Å². The van der Waals surface area contributed by atoms with Crippen LogP contribution in [-0.4, -0.2) is 6.61 Å². The monoisotopic (exact) mass is 240 g/mol. The van der Waals surface area contributed by atoms with Crippen molar-refractivity contribution >= 4 is 0 Å². The molecule has 0 spiro atoms. The fourth-order valence-electron chi connectivity index (χ4n) is 2.06. The first-order valence-electron chi connectivity index (χ1n) is 6.52. The molecule has 0 saturated carbocycles. The van der Waals surface area contributed by atoms with E-state index >= 15 is 0 Å². The van der Waals surface area contributed by atoms with E-state index in [2.05, 4.69) is 61.5 Å². The van der Waals surface area contributed by atoms with Crippen LogP contribution >= 0.6 is 0 Å². The molecule has 2 aromatic carbocycles. The zero-order chi connectivity index (χ0) is 12.8. The molecule has 0 aromatic heterocycles. The Hall–Kier alpha value is -1.60. The zero-order valence-electron chi connectivity index (χ0n) is 11.1. The van der Waals surface area contributed by atoms with E-state index in [1.807, 2.05) is 6.92 Å². The molecule has 0 bridgehead atoms. The number of hydrogen-bond donors (Lipinski definition) is 0. The molecule has 1 heteroatoms. The number of ether oxygens (including phenoxy) is 1. The van der Waals surface area contributed by atoms with Gasteiger partial charge in [-0.1, -0.05) is 61.5 Å². The van der Waals surface area contributed by atoms with E-state index in [9.17, 15) is 0 Å². The SMILES string of the molecule is CCOCc1ccc(C(C)c2ccccc2)cc1. The summed E-state index contributed by atoms with van der Waals surface area (Å²) in [6, 6.07) is 19.3. The van der Waals surface area contributed by atoms with Gasteiger partial charge in [0.15, 0.2) is 0 Å². The van der Waals surface area contributed by atoms with Crippen molar-refractivity contribution in [1.82, 2.24) is 0 Å². The molecule has 0 amide bonds. The van der Waals surface area contributed by atoms with Crippen LogP contribution in [-0.2, 0) is 11.3 Å². The lowest BCUT2D eigenvalue weighted by Gasteiger charge is -2.13. The first-order valence-corrected chi connectivity index (χ1v) is 6.52. The highest BCUT2D eigenvalue weighted by molar-refractivity contribution is 5.33. The predicted molar refractivity (Wildman–Crippen MR) is 75.7 cm³/mol. The summed E-state index contributed by atoms with van der Waals surface area (Å²) in [5.74, 6) is 0.437. The summed E-state index contributed by atoms with van der Waals surface area (Å²) in [5, 5.41) is 0. The second-order valence-corrected chi connectivity index (χ2v) is 4.51. The van der Waals surface area contributed by atoms with E-state index < -0.39 is 0 Å². The summed E-state index contributed by atoms with van der Waals surface area (Å²) in [7, 11) is 0. The van der Waals surface area contributed by atoms with Gasteiger partial charge in [0.05, 0.1) is 6.61 Å². The maximum Gasteiger partial charge on any atom is 0.0716 e. The average molecular weight is 240 g/mol. The van der Waals surface area contributed by atoms with E-state index in [0.717, 1.165) is 6.61 Å². The van der Waals surface area contributed by atoms with Crippen LogP contribution in [0.2, 0.25) is 0 Å². The summed E-state index contributed by atoms with van der Waals surface area (Å²) >= 11 is 0. The Morgan fingerprint density at radius 2 is 1.50 bits per heavy atom. The van der Waals surface area contributed by atoms with Crippen molar-refractivity contribution in [3.63, 3.8) is 0 Å². The number of hydrogen-bond acceptors (Lipinski definition) is 1. The van der Waals surface area contributed by atoms with Crippen molar-refractivity contribution in [2.75, 3.05) is 6.61 Å². The lowest BCUT2D eigenvalue weighted by Crippen LogP contribution is -1.97. The molecule has 2 rings (SSSR count). The summed E-state index contributed by atoms with van der Waals surface area (Å²) in [6.45, 7) is 5.73. The quantitative estimate of drug-likeness (QED) is 0.753. The van der Waals surface area contributed by atoms with Crippen LogP contribution in [0.5, 0.6) is 0 Å². The van der Waals surface area contributed by atoms with E-state index in [1.165, 1.54) is 16.7 Å². The second-order valence-electron chi connectivity index (χ2n) is 4.51. The average Bonchev–Trinajstić information content (AvgIpc) is 2.46. The zero-order valence-corrected chi connectivity index (χ0v) is 11.1. The minimum absolute atomic E-state index is 0.437. The van der Waals surface area contributed by atoms with Gasteiger partial charge in [-0.05, 0) is 23.6 Å². The topological polar surface area (TPSA) is 9.23 Å². The van der Waals surface area contributed by atoms with Gasteiger partial charge in [-0.2, -0.15) is 0 Å². The Bertz CT molecular complexity index is 459. The molecule has 2 aromatic rings. The third kappa shape index (κ3) is 3.21. The minimum Gasteiger partial charge on any atom is -0.377 e. The Balaban J connectivity index is 2.09. The minimum atomic E-state index is 0.437. The van der Waals surface area contributed by atoms with Crippen LogP contribution in [0, 0.1) is 0 Å². The summed E-state index contributed by atoms with van der Waals surface area (Å²) in [4.78, 5) is 0. The van der Waals surface area contributed by atoms with Crippen LogP contribution in [0.25, 0.3) is 0 Å². The van der Waals surface area contributed by atoms with Crippen molar-refractivity contribution in [2.24, 2.45) is 0 Å². The largest absolute Gasteiger partial charge is 0.377 e. The van der Waals surface area contributed by atoms with Crippen molar-refractivity contribution in [1.29, 1.82) is 0 Å². The standard InChI is InChI=1S/C17H20O/c1-3-18-13-15-9-11-17(12-10-15)14(2)16-7-5-4-6-8-16/h4-12,14H,3,13H2,1-2H3. The lowest BCUT2D eigenvalue weighted by atomic mass is 9.93. The van der Waals surface area contributed by atoms with Crippen LogP contribution in [0.3, 0.4) is 0 Å². The molecule has 1 nitrogen and oxygen atoms in total. The number of rotatable bonds is 5. The maximum atomic E-state index is 5.40. The van der Waals surface area contributed by atoms with Crippen molar-refractivity contribution < 1.29 is 4.74 Å². The first-order chi connectivity index (χ1) is 8.81. The Kier molecular flexibility index (Phi) is 4.54. The van der Waals surface area contributed by atoms with Gasteiger partial charge in [-0.3, -0.25) is 0 Å². The fraction of sp³-hybridized carbons (Fsp3) is 0.294. The van der Waals surface area contributed by atoms with E-state index in [4.69, 9.17) is 4.74 Å². The van der Waals surface area contributed by atoms with Crippen LogP contribution in [0.1, 0.15) is 36.5 Å². The fourth-order valence-corrected chi connectivity index (χ4v) is 2.06. The smallest absolute Gasteiger partial charge is 0.0716 e. The molecule has 18 heavy (non-hydrogen) atoms. The first kappa shape index (κ1) is 12.8. The van der Waals surface area contributed by atoms with Gasteiger partial charge in [0, 0.05) is 12.5 Å². The molecule has 0 aliphatic carbocycles. The molecule has 94 valence electrons. The van der Waals surface area contributed by atoms with Crippen LogP contribution in [0.4, 0.5) is 0 Å².